The first kappa shape index (κ1) is 16.9. The van der Waals surface area contributed by atoms with Gasteiger partial charge in [0.1, 0.15) is 6.54 Å². The molecule has 2 aliphatic carbocycles. The Labute approximate surface area is 141 Å². The molecule has 0 aromatic carbocycles. The van der Waals surface area contributed by atoms with Gasteiger partial charge in [0, 0.05) is 23.8 Å². The maximum absolute atomic E-state index is 12.3. The molecule has 1 aromatic heterocycles. The Balaban J connectivity index is 2.20. The zero-order chi connectivity index (χ0) is 18.1. The number of nitrogens with one attached hydrogen (secondary N) is 1. The maximum Gasteiger partial charge on any atom is 0.326 e. The van der Waals surface area contributed by atoms with Crippen LogP contribution >= 0.6 is 0 Å². The van der Waals surface area contributed by atoms with E-state index < -0.39 is 28.6 Å². The number of H-pyrrole nitrogens is 1. The average molecular weight is 347 g/mol. The number of nitro groups is 1. The van der Waals surface area contributed by atoms with Gasteiger partial charge in [-0.15, -0.1) is 0 Å². The summed E-state index contributed by atoms with van der Waals surface area (Å²) in [5.41, 5.74) is 0.780. The van der Waals surface area contributed by atoms with E-state index in [4.69, 9.17) is 4.74 Å². The van der Waals surface area contributed by atoms with Crippen molar-refractivity contribution >= 4 is 11.5 Å². The average Bonchev–Trinajstić information content (AvgIpc) is 2.58. The van der Waals surface area contributed by atoms with Crippen LogP contribution in [0.25, 0.3) is 5.57 Å². The number of ether oxygens (including phenoxy) is 1. The quantitative estimate of drug-likeness (QED) is 0.371. The highest BCUT2D eigenvalue weighted by molar-refractivity contribution is 5.80. The number of aryl methyl sites for hydroxylation is 1. The number of rotatable bonds is 4. The lowest BCUT2D eigenvalue weighted by molar-refractivity contribution is -0.428. The molecule has 0 saturated heterocycles. The van der Waals surface area contributed by atoms with E-state index in [0.29, 0.717) is 42.6 Å². The predicted octanol–water partition coefficient (Wildman–Crippen LogP) is 0.754. The minimum Gasteiger partial charge on any atom is -0.465 e. The number of carbonyl (C=O) groups is 1. The minimum atomic E-state index is -0.873. The molecule has 9 nitrogen and oxygen atoms in total. The molecule has 1 N–H and O–H groups in total. The Hall–Kier alpha value is -2.97. The van der Waals surface area contributed by atoms with Crippen LogP contribution in [-0.2, 0) is 22.5 Å². The largest absolute Gasteiger partial charge is 0.465 e. The number of nitrogens with zero attached hydrogens (tertiary/aromatic N) is 2. The maximum atomic E-state index is 12.3. The second-order valence-corrected chi connectivity index (χ2v) is 5.89. The van der Waals surface area contributed by atoms with Crippen molar-refractivity contribution in [3.63, 3.8) is 0 Å². The fourth-order valence-electron chi connectivity index (χ4n) is 3.28. The van der Waals surface area contributed by atoms with Crippen molar-refractivity contribution < 1.29 is 14.5 Å². The van der Waals surface area contributed by atoms with Crippen molar-refractivity contribution in [1.29, 1.82) is 0 Å². The first-order valence-electron chi connectivity index (χ1n) is 8.01. The summed E-state index contributed by atoms with van der Waals surface area (Å²) in [6.07, 6.45) is 3.45. The minimum absolute atomic E-state index is 0.0490. The molecule has 3 rings (SSSR count). The smallest absolute Gasteiger partial charge is 0.326 e. The van der Waals surface area contributed by atoms with E-state index in [1.54, 1.807) is 6.92 Å². The molecular formula is C16H17N3O6. The van der Waals surface area contributed by atoms with Crippen molar-refractivity contribution in [3.8, 4) is 0 Å². The molecule has 0 atom stereocenters. The third-order valence-electron chi connectivity index (χ3n) is 4.39. The number of allylic oxidation sites excluding steroid dienone is 4. The van der Waals surface area contributed by atoms with Gasteiger partial charge in [0.25, 0.3) is 0 Å². The Morgan fingerprint density at radius 3 is 2.72 bits per heavy atom. The predicted molar refractivity (Wildman–Crippen MR) is 87.5 cm³/mol. The van der Waals surface area contributed by atoms with Crippen LogP contribution in [0, 0.1) is 10.1 Å². The second-order valence-electron chi connectivity index (χ2n) is 5.89. The lowest BCUT2D eigenvalue weighted by Crippen LogP contribution is -2.41. The van der Waals surface area contributed by atoms with Crippen LogP contribution in [0.15, 0.2) is 26.9 Å². The van der Waals surface area contributed by atoms with E-state index in [1.807, 2.05) is 0 Å². The van der Waals surface area contributed by atoms with Crippen molar-refractivity contribution in [2.75, 3.05) is 6.61 Å². The molecule has 0 radical (unpaired) electrons. The van der Waals surface area contributed by atoms with E-state index in [-0.39, 0.29) is 12.3 Å². The number of hydrogen-bond donors (Lipinski definition) is 1. The van der Waals surface area contributed by atoms with Crippen molar-refractivity contribution in [1.82, 2.24) is 9.55 Å². The third-order valence-corrected chi connectivity index (χ3v) is 4.39. The molecule has 0 amide bonds. The summed E-state index contributed by atoms with van der Waals surface area (Å²) >= 11 is 0. The summed E-state index contributed by atoms with van der Waals surface area (Å²) in [4.78, 5) is 49.3. The Morgan fingerprint density at radius 1 is 1.32 bits per heavy atom. The van der Waals surface area contributed by atoms with Gasteiger partial charge in [-0.25, -0.2) is 0 Å². The van der Waals surface area contributed by atoms with E-state index in [9.17, 15) is 24.5 Å². The van der Waals surface area contributed by atoms with E-state index in [1.165, 1.54) is 6.08 Å². The van der Waals surface area contributed by atoms with Crippen molar-refractivity contribution in [2.45, 2.75) is 39.2 Å². The molecule has 0 aliphatic heterocycles. The van der Waals surface area contributed by atoms with Gasteiger partial charge in [-0.2, -0.15) is 0 Å². The van der Waals surface area contributed by atoms with E-state index in [2.05, 4.69) is 4.98 Å². The van der Waals surface area contributed by atoms with Crippen molar-refractivity contribution in [3.05, 3.63) is 59.6 Å². The van der Waals surface area contributed by atoms with Crippen LogP contribution in [-0.4, -0.2) is 27.1 Å². The first-order valence-corrected chi connectivity index (χ1v) is 8.01. The number of hydrogen-bond acceptors (Lipinski definition) is 6. The molecular weight excluding hydrogens is 330 g/mol. The van der Waals surface area contributed by atoms with Crippen molar-refractivity contribution in [2.24, 2.45) is 0 Å². The summed E-state index contributed by atoms with van der Waals surface area (Å²) in [6.45, 7) is 1.39. The van der Waals surface area contributed by atoms with Crippen LogP contribution in [0.3, 0.4) is 0 Å². The second kappa shape index (κ2) is 6.50. The summed E-state index contributed by atoms with van der Waals surface area (Å²) in [5.74, 6) is -0.639. The molecule has 0 bridgehead atoms. The number of carbonyl (C=O) groups excluding carboxylic acids is 1. The first-order chi connectivity index (χ1) is 11.9. The van der Waals surface area contributed by atoms with Gasteiger partial charge < -0.3 is 9.72 Å². The van der Waals surface area contributed by atoms with E-state index in [0.717, 1.165) is 10.1 Å². The fourth-order valence-corrected chi connectivity index (χ4v) is 3.28. The van der Waals surface area contributed by atoms with Crippen LogP contribution < -0.4 is 11.1 Å². The number of fused-ring (bicyclic) bond motifs is 2. The monoisotopic (exact) mass is 347 g/mol. The topological polar surface area (TPSA) is 124 Å². The Bertz CT molecular complexity index is 934. The highest BCUT2D eigenvalue weighted by atomic mass is 16.6. The van der Waals surface area contributed by atoms with Crippen LogP contribution in [0.4, 0.5) is 0 Å². The Kier molecular flexibility index (Phi) is 4.39. The van der Waals surface area contributed by atoms with Gasteiger partial charge in [0.15, 0.2) is 0 Å². The van der Waals surface area contributed by atoms with Crippen LogP contribution in [0.2, 0.25) is 0 Å². The molecule has 9 heteroatoms. The summed E-state index contributed by atoms with van der Waals surface area (Å²) in [6, 6.07) is 0. The van der Waals surface area contributed by atoms with Gasteiger partial charge in [0.2, 0.25) is 5.70 Å². The number of aromatic nitrogens is 2. The molecule has 1 aromatic rings. The highest BCUT2D eigenvalue weighted by Crippen LogP contribution is 2.37. The highest BCUT2D eigenvalue weighted by Gasteiger charge is 2.29. The SMILES string of the molecule is CCOC(=O)Cn1c2c([nH]c(=O)c1=O)CCC1=C2C=C([N+](=O)[O-])CC1. The van der Waals surface area contributed by atoms with Gasteiger partial charge in [-0.3, -0.25) is 29.1 Å². The van der Waals surface area contributed by atoms with E-state index >= 15 is 0 Å². The normalized spacial score (nSPS) is 16.0. The zero-order valence-electron chi connectivity index (χ0n) is 13.7. The summed E-state index contributed by atoms with van der Waals surface area (Å²) in [5, 5.41) is 11.1. The molecule has 132 valence electrons. The zero-order valence-corrected chi connectivity index (χ0v) is 13.7. The lowest BCUT2D eigenvalue weighted by Gasteiger charge is -2.26. The molecule has 0 unspecified atom stereocenters. The van der Waals surface area contributed by atoms with Crippen LogP contribution in [0.1, 0.15) is 37.6 Å². The molecule has 1 heterocycles. The van der Waals surface area contributed by atoms with Gasteiger partial charge in [-0.1, -0.05) is 5.57 Å². The third kappa shape index (κ3) is 3.04. The lowest BCUT2D eigenvalue weighted by atomic mass is 9.84. The molecule has 0 saturated carbocycles. The van der Waals surface area contributed by atoms with Gasteiger partial charge >= 0.3 is 17.1 Å². The summed E-state index contributed by atoms with van der Waals surface area (Å²) in [7, 11) is 0. The molecule has 2 aliphatic rings. The van der Waals surface area contributed by atoms with Gasteiger partial charge in [-0.05, 0) is 26.2 Å². The standard InChI is InChI=1S/C16H17N3O6/c1-2-25-13(20)8-18-14-11-7-10(19(23)24)5-3-9(11)4-6-12(14)17-15(21)16(18)22/h7H,2-6,8H2,1H3,(H,17,21). The molecule has 0 fully saturated rings. The number of aromatic amines is 1. The van der Waals surface area contributed by atoms with Crippen LogP contribution in [0.5, 0.6) is 0 Å². The fraction of sp³-hybridized carbons (Fsp3) is 0.438. The molecule has 0 spiro atoms. The summed E-state index contributed by atoms with van der Waals surface area (Å²) < 4.78 is 5.95. The Morgan fingerprint density at radius 2 is 2.04 bits per heavy atom. The van der Waals surface area contributed by atoms with Gasteiger partial charge in [0.05, 0.1) is 17.2 Å². The molecule has 25 heavy (non-hydrogen) atoms. The number of esters is 1.